The van der Waals surface area contributed by atoms with E-state index < -0.39 is 0 Å². The second-order valence-corrected chi connectivity index (χ2v) is 1.32. The fourth-order valence-electron chi connectivity index (χ4n) is 0.329. The fourth-order valence-corrected chi connectivity index (χ4v) is 0.329. The molecule has 0 aromatic heterocycles. The van der Waals surface area contributed by atoms with Crippen LogP contribution in [0.5, 0.6) is 0 Å². The predicted octanol–water partition coefficient (Wildman–Crippen LogP) is -0.315. The Morgan fingerprint density at radius 1 is 1.57 bits per heavy atom. The molecule has 0 aromatic rings. The van der Waals surface area contributed by atoms with Gasteiger partial charge in [0.25, 0.3) is 0 Å². The molecule has 0 aromatic carbocycles. The van der Waals surface area contributed by atoms with Gasteiger partial charge in [-0.1, -0.05) is 6.07 Å². The van der Waals surface area contributed by atoms with Crippen molar-refractivity contribution in [1.82, 2.24) is 5.32 Å². The van der Waals surface area contributed by atoms with E-state index in [2.05, 4.69) is 11.4 Å². The van der Waals surface area contributed by atoms with Gasteiger partial charge < -0.3 is 5.32 Å². The van der Waals surface area contributed by atoms with Crippen LogP contribution in [-0.4, -0.2) is 13.1 Å². The molecule has 2 nitrogen and oxygen atoms in total. The zero-order chi connectivity index (χ0) is 4.41. The first-order valence-electron chi connectivity index (χ1n) is 1.89. The maximum absolute atomic E-state index is 8.06. The molecule has 39 valence electrons. The third kappa shape index (κ3) is 1.49. The normalized spacial score (nSPS) is 16.1. The number of nitrogens with one attached hydrogen (secondary N) is 1. The van der Waals surface area contributed by atoms with Gasteiger partial charge in [-0.15, -0.1) is 13.1 Å². The molecule has 1 heterocycles. The van der Waals surface area contributed by atoms with Crippen LogP contribution in [0.2, 0.25) is 0 Å². The van der Waals surface area contributed by atoms with Crippen LogP contribution < -0.4 is 5.32 Å². The molecule has 0 saturated carbocycles. The van der Waals surface area contributed by atoms with Crippen molar-refractivity contribution in [1.29, 1.82) is 5.26 Å². The van der Waals surface area contributed by atoms with E-state index in [9.17, 15) is 0 Å². The summed E-state index contributed by atoms with van der Waals surface area (Å²) in [4.78, 5) is 0. The Kier molecular flexibility index (Phi) is 3.04. The molecule has 0 amide bonds. The van der Waals surface area contributed by atoms with Gasteiger partial charge in [-0.25, -0.2) is 5.26 Å². The summed E-state index contributed by atoms with van der Waals surface area (Å²) in [5.41, 5.74) is 0. The fraction of sp³-hybridized carbons (Fsp3) is 0.500. The molecular weight excluding hydrogens is 262 g/mol. The maximum Gasteiger partial charge on any atom is 0 e. The molecule has 0 spiro atoms. The molecule has 1 fully saturated rings. The van der Waals surface area contributed by atoms with Gasteiger partial charge in [-0.05, 0) is 0 Å². The van der Waals surface area contributed by atoms with Gasteiger partial charge in [0.15, 0.2) is 0 Å². The molecule has 3 heteroatoms. The van der Waals surface area contributed by atoms with Crippen LogP contribution in [0.1, 0.15) is 0 Å². The topological polar surface area (TPSA) is 35.8 Å². The standard InChI is InChI=1S/C4H5N2.Re/c5-1-4-2-6-3-4;/h6H,2-3H2;/q-1;. The number of rotatable bonds is 0. The van der Waals surface area contributed by atoms with E-state index in [1.165, 1.54) is 0 Å². The van der Waals surface area contributed by atoms with E-state index in [1.54, 1.807) is 0 Å². The Morgan fingerprint density at radius 3 is 2.14 bits per heavy atom. The van der Waals surface area contributed by atoms with E-state index in [0.29, 0.717) is 0 Å². The molecule has 1 aliphatic rings. The number of nitriles is 1. The largest absolute Gasteiger partial charge is 0.369 e. The van der Waals surface area contributed by atoms with E-state index in [-0.39, 0.29) is 20.4 Å². The van der Waals surface area contributed by atoms with Gasteiger partial charge in [0, 0.05) is 20.4 Å². The maximum atomic E-state index is 8.06. The van der Waals surface area contributed by atoms with Gasteiger partial charge >= 0.3 is 0 Å². The summed E-state index contributed by atoms with van der Waals surface area (Å²) in [6, 6.07) is 2.06. The van der Waals surface area contributed by atoms with Crippen LogP contribution in [0, 0.1) is 17.2 Å². The van der Waals surface area contributed by atoms with Crippen LogP contribution in [0.15, 0.2) is 0 Å². The third-order valence-corrected chi connectivity index (χ3v) is 0.835. The second-order valence-electron chi connectivity index (χ2n) is 1.32. The minimum Gasteiger partial charge on any atom is -0.369 e. The number of hydrogen-bond acceptors (Lipinski definition) is 2. The van der Waals surface area contributed by atoms with E-state index in [1.807, 2.05) is 0 Å². The summed E-state index contributed by atoms with van der Waals surface area (Å²) in [6.45, 7) is 1.63. The molecule has 0 unspecified atom stereocenters. The van der Waals surface area contributed by atoms with Crippen LogP contribution in [-0.2, 0) is 20.4 Å². The summed E-state index contributed by atoms with van der Waals surface area (Å²) >= 11 is 0. The van der Waals surface area contributed by atoms with E-state index in [4.69, 9.17) is 5.26 Å². The molecule has 0 aliphatic carbocycles. The van der Waals surface area contributed by atoms with Crippen molar-refractivity contribution in [3.63, 3.8) is 0 Å². The summed E-state index contributed by atoms with van der Waals surface area (Å²) in [7, 11) is 0. The van der Waals surface area contributed by atoms with Crippen molar-refractivity contribution in [2.24, 2.45) is 0 Å². The van der Waals surface area contributed by atoms with Gasteiger partial charge in [-0.3, -0.25) is 5.92 Å². The van der Waals surface area contributed by atoms with Crippen LogP contribution in [0.4, 0.5) is 0 Å². The average Bonchev–Trinajstić information content (AvgIpc) is 1.31. The molecule has 0 atom stereocenters. The van der Waals surface area contributed by atoms with Gasteiger partial charge in [0.05, 0.1) is 0 Å². The van der Waals surface area contributed by atoms with Gasteiger partial charge in [0.1, 0.15) is 0 Å². The second kappa shape index (κ2) is 3.05. The Morgan fingerprint density at radius 2 is 2.14 bits per heavy atom. The minimum absolute atomic E-state index is 0. The summed E-state index contributed by atoms with van der Waals surface area (Å²) < 4.78 is 0. The van der Waals surface area contributed by atoms with Crippen LogP contribution >= 0.6 is 0 Å². The first-order chi connectivity index (χ1) is 2.93. The van der Waals surface area contributed by atoms with E-state index in [0.717, 1.165) is 19.0 Å². The Balaban J connectivity index is 0.000000360. The van der Waals surface area contributed by atoms with Crippen molar-refractivity contribution in [3.05, 3.63) is 5.92 Å². The SMILES string of the molecule is N#C[C-]1CNC1.[Re]. The zero-order valence-electron chi connectivity index (χ0n) is 3.74. The smallest absolute Gasteiger partial charge is 0 e. The quantitative estimate of drug-likeness (QED) is 0.611. The van der Waals surface area contributed by atoms with Crippen molar-refractivity contribution in [3.8, 4) is 6.07 Å². The summed E-state index contributed by atoms with van der Waals surface area (Å²) in [6.07, 6.45) is 0. The third-order valence-electron chi connectivity index (χ3n) is 0.835. The molecule has 7 heavy (non-hydrogen) atoms. The van der Waals surface area contributed by atoms with Gasteiger partial charge in [-0.2, -0.15) is 0 Å². The summed E-state index contributed by atoms with van der Waals surface area (Å²) in [5, 5.41) is 11.0. The molecule has 1 saturated heterocycles. The molecule has 1 aliphatic heterocycles. The average molecular weight is 267 g/mol. The first-order valence-corrected chi connectivity index (χ1v) is 1.89. The molecule has 1 N–H and O–H groups in total. The summed E-state index contributed by atoms with van der Waals surface area (Å²) in [5.74, 6) is 0.968. The Labute approximate surface area is 56.5 Å². The Hall–Kier alpha value is -0.0177. The predicted molar refractivity (Wildman–Crippen MR) is 21.7 cm³/mol. The minimum atomic E-state index is 0. The van der Waals surface area contributed by atoms with Crippen molar-refractivity contribution >= 4 is 0 Å². The Bertz CT molecular complexity index is 82.2. The molecule has 1 radical (unpaired) electrons. The van der Waals surface area contributed by atoms with Gasteiger partial charge in [0.2, 0.25) is 0 Å². The molecule has 1 rings (SSSR count). The monoisotopic (exact) mass is 268 g/mol. The first kappa shape index (κ1) is 6.98. The van der Waals surface area contributed by atoms with Crippen molar-refractivity contribution < 1.29 is 20.4 Å². The number of nitrogens with zero attached hydrogens (tertiary/aromatic N) is 1. The molecular formula is C4H5N2Re-. The van der Waals surface area contributed by atoms with Crippen LogP contribution in [0.3, 0.4) is 0 Å². The molecule has 0 bridgehead atoms. The number of hydrogen-bond donors (Lipinski definition) is 1. The van der Waals surface area contributed by atoms with Crippen LogP contribution in [0.25, 0.3) is 0 Å². The van der Waals surface area contributed by atoms with Crippen molar-refractivity contribution in [2.75, 3.05) is 13.1 Å². The van der Waals surface area contributed by atoms with E-state index >= 15 is 0 Å². The zero-order valence-corrected chi connectivity index (χ0v) is 6.46. The van der Waals surface area contributed by atoms with Crippen molar-refractivity contribution in [2.45, 2.75) is 0 Å².